The molecule has 1 aliphatic rings. The van der Waals surface area contributed by atoms with Crippen LogP contribution >= 0.6 is 12.4 Å². The van der Waals surface area contributed by atoms with Crippen LogP contribution in [0.15, 0.2) is 24.3 Å². The summed E-state index contributed by atoms with van der Waals surface area (Å²) in [5, 5.41) is 6.25. The summed E-state index contributed by atoms with van der Waals surface area (Å²) in [7, 11) is 0. The zero-order valence-corrected chi connectivity index (χ0v) is 12.7. The molecule has 1 atom stereocenters. The topological polar surface area (TPSA) is 84.2 Å². The van der Waals surface area contributed by atoms with Crippen molar-refractivity contribution in [1.82, 2.24) is 10.6 Å². The second-order valence-corrected chi connectivity index (χ2v) is 5.20. The van der Waals surface area contributed by atoms with Gasteiger partial charge in [0.15, 0.2) is 0 Å². The van der Waals surface area contributed by atoms with Gasteiger partial charge < -0.3 is 16.4 Å². The maximum absolute atomic E-state index is 12.0. The molecule has 21 heavy (non-hydrogen) atoms. The van der Waals surface area contributed by atoms with E-state index in [2.05, 4.69) is 10.6 Å². The van der Waals surface area contributed by atoms with Crippen LogP contribution in [-0.4, -0.2) is 31.4 Å². The first-order chi connectivity index (χ1) is 9.66. The number of hydrogen-bond donors (Lipinski definition) is 3. The molecule has 1 unspecified atom stereocenters. The van der Waals surface area contributed by atoms with Gasteiger partial charge in [0, 0.05) is 17.7 Å². The van der Waals surface area contributed by atoms with Crippen molar-refractivity contribution in [1.29, 1.82) is 0 Å². The first kappa shape index (κ1) is 17.5. The van der Waals surface area contributed by atoms with Gasteiger partial charge in [0.2, 0.25) is 5.91 Å². The minimum atomic E-state index is -0.520. The Kier molecular flexibility index (Phi) is 7.19. The van der Waals surface area contributed by atoms with Crippen molar-refractivity contribution >= 4 is 24.2 Å². The van der Waals surface area contributed by atoms with Crippen LogP contribution in [0.1, 0.15) is 40.0 Å². The Bertz CT molecular complexity index is 488. The molecule has 0 spiro atoms. The van der Waals surface area contributed by atoms with Crippen LogP contribution in [-0.2, 0) is 0 Å². The monoisotopic (exact) mass is 311 g/mol. The number of carbonyl (C=O) groups is 2. The number of nitrogens with two attached hydrogens (primary N) is 1. The highest BCUT2D eigenvalue weighted by molar-refractivity contribution is 5.99. The number of primary amides is 1. The van der Waals surface area contributed by atoms with Crippen molar-refractivity contribution in [2.75, 3.05) is 19.6 Å². The van der Waals surface area contributed by atoms with E-state index in [4.69, 9.17) is 5.73 Å². The van der Waals surface area contributed by atoms with E-state index in [1.807, 2.05) is 0 Å². The maximum Gasteiger partial charge on any atom is 0.251 e. The molecule has 1 heterocycles. The zero-order valence-electron chi connectivity index (χ0n) is 11.9. The molecule has 1 saturated heterocycles. The lowest BCUT2D eigenvalue weighted by molar-refractivity contribution is 0.0950. The van der Waals surface area contributed by atoms with Crippen LogP contribution in [0, 0.1) is 5.92 Å². The van der Waals surface area contributed by atoms with Crippen LogP contribution in [0.3, 0.4) is 0 Å². The van der Waals surface area contributed by atoms with Crippen molar-refractivity contribution < 1.29 is 9.59 Å². The molecule has 1 aromatic rings. The number of piperidine rings is 1. The third-order valence-corrected chi connectivity index (χ3v) is 3.65. The average molecular weight is 312 g/mol. The van der Waals surface area contributed by atoms with E-state index in [0.717, 1.165) is 19.5 Å². The number of amides is 2. The van der Waals surface area contributed by atoms with Crippen molar-refractivity contribution in [3.63, 3.8) is 0 Å². The van der Waals surface area contributed by atoms with Gasteiger partial charge in [-0.25, -0.2) is 0 Å². The molecule has 0 radical (unpaired) electrons. The van der Waals surface area contributed by atoms with Crippen LogP contribution in [0.2, 0.25) is 0 Å². The van der Waals surface area contributed by atoms with Gasteiger partial charge in [0.25, 0.3) is 5.91 Å². The first-order valence-electron chi connectivity index (χ1n) is 7.05. The Morgan fingerprint density at radius 2 is 2.10 bits per heavy atom. The summed E-state index contributed by atoms with van der Waals surface area (Å²) in [6, 6.07) is 6.48. The molecule has 0 aliphatic carbocycles. The second-order valence-electron chi connectivity index (χ2n) is 5.20. The number of carbonyl (C=O) groups excluding carboxylic acids is 2. The summed E-state index contributed by atoms with van der Waals surface area (Å²) in [6.45, 7) is 2.79. The van der Waals surface area contributed by atoms with Gasteiger partial charge in [-0.3, -0.25) is 9.59 Å². The normalized spacial score (nSPS) is 17.6. The zero-order chi connectivity index (χ0) is 14.4. The number of halogens is 1. The Balaban J connectivity index is 0.00000220. The van der Waals surface area contributed by atoms with Crippen LogP contribution in [0.5, 0.6) is 0 Å². The highest BCUT2D eigenvalue weighted by Gasteiger charge is 2.13. The molecule has 0 aromatic heterocycles. The molecule has 1 aromatic carbocycles. The second kappa shape index (κ2) is 8.64. The largest absolute Gasteiger partial charge is 0.366 e. The third kappa shape index (κ3) is 5.36. The van der Waals surface area contributed by atoms with Gasteiger partial charge in [-0.05, 0) is 56.5 Å². The van der Waals surface area contributed by atoms with Gasteiger partial charge >= 0.3 is 0 Å². The van der Waals surface area contributed by atoms with Crippen molar-refractivity contribution in [3.05, 3.63) is 35.4 Å². The molecule has 0 bridgehead atoms. The molecule has 4 N–H and O–H groups in total. The van der Waals surface area contributed by atoms with Crippen molar-refractivity contribution in [2.45, 2.75) is 19.3 Å². The highest BCUT2D eigenvalue weighted by Crippen LogP contribution is 2.13. The first-order valence-corrected chi connectivity index (χ1v) is 7.05. The number of hydrogen-bond acceptors (Lipinski definition) is 3. The summed E-state index contributed by atoms with van der Waals surface area (Å²) in [5.41, 5.74) is 6.03. The predicted molar refractivity (Wildman–Crippen MR) is 84.8 cm³/mol. The fourth-order valence-corrected chi connectivity index (χ4v) is 2.48. The van der Waals surface area contributed by atoms with E-state index in [0.29, 0.717) is 23.6 Å². The lowest BCUT2D eigenvalue weighted by atomic mass is 9.96. The molecule has 5 nitrogen and oxygen atoms in total. The Labute approximate surface area is 131 Å². The van der Waals surface area contributed by atoms with Gasteiger partial charge in [-0.1, -0.05) is 6.07 Å². The fourth-order valence-electron chi connectivity index (χ4n) is 2.48. The van der Waals surface area contributed by atoms with Crippen molar-refractivity contribution in [3.8, 4) is 0 Å². The third-order valence-electron chi connectivity index (χ3n) is 3.65. The van der Waals surface area contributed by atoms with E-state index in [1.54, 1.807) is 18.2 Å². The summed E-state index contributed by atoms with van der Waals surface area (Å²) in [5.74, 6) is -0.0363. The predicted octanol–water partition coefficient (Wildman–Crippen LogP) is 1.33. The van der Waals surface area contributed by atoms with Gasteiger partial charge in [-0.15, -0.1) is 12.4 Å². The molecule has 1 aliphatic heterocycles. The van der Waals surface area contributed by atoms with E-state index in [9.17, 15) is 9.59 Å². The molecule has 2 rings (SSSR count). The Hall–Kier alpha value is -1.59. The van der Waals surface area contributed by atoms with Crippen molar-refractivity contribution in [2.24, 2.45) is 11.7 Å². The number of benzene rings is 1. The SMILES string of the molecule is Cl.NC(=O)c1cccc(C(=O)NCCC2CCCNC2)c1. The molecule has 6 heteroatoms. The van der Waals surface area contributed by atoms with E-state index < -0.39 is 5.91 Å². The smallest absolute Gasteiger partial charge is 0.251 e. The van der Waals surface area contributed by atoms with Crippen LogP contribution in [0.25, 0.3) is 0 Å². The summed E-state index contributed by atoms with van der Waals surface area (Å²) in [6.07, 6.45) is 3.41. The average Bonchev–Trinajstić information content (AvgIpc) is 2.48. The fraction of sp³-hybridized carbons (Fsp3) is 0.467. The molecule has 2 amide bonds. The number of nitrogens with one attached hydrogen (secondary N) is 2. The van der Waals surface area contributed by atoms with E-state index in [-0.39, 0.29) is 18.3 Å². The van der Waals surface area contributed by atoms with Crippen LogP contribution in [0.4, 0.5) is 0 Å². The van der Waals surface area contributed by atoms with Gasteiger partial charge in [0.05, 0.1) is 0 Å². The minimum Gasteiger partial charge on any atom is -0.366 e. The lowest BCUT2D eigenvalue weighted by Crippen LogP contribution is -2.33. The summed E-state index contributed by atoms with van der Waals surface area (Å²) in [4.78, 5) is 23.1. The van der Waals surface area contributed by atoms with E-state index in [1.165, 1.54) is 18.9 Å². The standard InChI is InChI=1S/C15H21N3O2.ClH/c16-14(19)12-4-1-5-13(9-12)15(20)18-8-6-11-3-2-7-17-10-11;/h1,4-5,9,11,17H,2-3,6-8,10H2,(H2,16,19)(H,18,20);1H. The molecular formula is C15H22ClN3O2. The number of rotatable bonds is 5. The highest BCUT2D eigenvalue weighted by atomic mass is 35.5. The molecule has 116 valence electrons. The maximum atomic E-state index is 12.0. The Morgan fingerprint density at radius 1 is 1.33 bits per heavy atom. The van der Waals surface area contributed by atoms with Gasteiger partial charge in [-0.2, -0.15) is 0 Å². The Morgan fingerprint density at radius 3 is 2.76 bits per heavy atom. The van der Waals surface area contributed by atoms with E-state index >= 15 is 0 Å². The molecule has 0 saturated carbocycles. The summed E-state index contributed by atoms with van der Waals surface area (Å²) < 4.78 is 0. The van der Waals surface area contributed by atoms with Gasteiger partial charge in [0.1, 0.15) is 0 Å². The molecule has 1 fully saturated rings. The van der Waals surface area contributed by atoms with Crippen LogP contribution < -0.4 is 16.4 Å². The summed E-state index contributed by atoms with van der Waals surface area (Å²) >= 11 is 0. The quantitative estimate of drug-likeness (QED) is 0.767. The minimum absolute atomic E-state index is 0. The molecular weight excluding hydrogens is 290 g/mol. The lowest BCUT2D eigenvalue weighted by Gasteiger charge is -2.22.